The maximum atomic E-state index is 11.6. The molecule has 1 fully saturated rings. The van der Waals surface area contributed by atoms with Gasteiger partial charge in [-0.05, 0) is 5.53 Å². The van der Waals surface area contributed by atoms with Gasteiger partial charge in [0.1, 0.15) is 6.10 Å². The summed E-state index contributed by atoms with van der Waals surface area (Å²) >= 11 is 0. The van der Waals surface area contributed by atoms with Gasteiger partial charge in [0.2, 0.25) is 0 Å². The number of ether oxygens (including phenoxy) is 4. The molecule has 1 unspecified atom stereocenters. The summed E-state index contributed by atoms with van der Waals surface area (Å²) in [6.45, 7) is -3.16. The first-order valence-corrected chi connectivity index (χ1v) is 6.18. The minimum absolute atomic E-state index is 0.749. The van der Waals surface area contributed by atoms with Crippen LogP contribution in [0.2, 0.25) is 0 Å². The molecule has 11 heteroatoms. The van der Waals surface area contributed by atoms with Gasteiger partial charge in [-0.3, -0.25) is 14.4 Å². The molecule has 0 spiro atoms. The number of hydrogen-bond donors (Lipinski definition) is 1. The number of aliphatic hydroxyl groups is 1. The second kappa shape index (κ2) is 8.32. The molecule has 11 nitrogen and oxygen atoms in total. The first-order valence-electron chi connectivity index (χ1n) is 8.30. The summed E-state index contributed by atoms with van der Waals surface area (Å²) in [5.41, 5.74) is 8.64. The summed E-state index contributed by atoms with van der Waals surface area (Å²) in [5, 5.41) is 12.7. The van der Waals surface area contributed by atoms with Crippen LogP contribution in [-0.2, 0) is 33.3 Å². The van der Waals surface area contributed by atoms with Crippen LogP contribution in [-0.4, -0.2) is 60.3 Å². The number of aliphatic hydroxyl groups excluding tert-OH is 1. The van der Waals surface area contributed by atoms with E-state index in [0.717, 1.165) is 0 Å². The van der Waals surface area contributed by atoms with E-state index in [2.05, 4.69) is 10.0 Å². The van der Waals surface area contributed by atoms with Gasteiger partial charge < -0.3 is 24.1 Å². The lowest BCUT2D eigenvalue weighted by molar-refractivity contribution is -0.250. The van der Waals surface area contributed by atoms with E-state index in [1.807, 2.05) is 0 Å². The third kappa shape index (κ3) is 5.09. The fourth-order valence-electron chi connectivity index (χ4n) is 2.04. The lowest BCUT2D eigenvalue weighted by Crippen LogP contribution is -2.61. The van der Waals surface area contributed by atoms with E-state index in [1.165, 1.54) is 0 Å². The molecule has 128 valence electrons. The van der Waals surface area contributed by atoms with Gasteiger partial charge in [-0.25, -0.2) is 0 Å². The van der Waals surface area contributed by atoms with Gasteiger partial charge in [0.25, 0.3) is 0 Å². The average molecular weight is 334 g/mol. The zero-order valence-electron chi connectivity index (χ0n) is 14.9. The Labute approximate surface area is 135 Å². The SMILES string of the molecule is [2H]CC(=O)O[C@H]1[C@H](OC(=O)C[2H])[C@@H](OC(=O)C[2H])C(N=[N+]=[N-])O[C@@H]1CO. The zero-order chi connectivity index (χ0) is 19.7. The van der Waals surface area contributed by atoms with Gasteiger partial charge in [-0.15, -0.1) is 0 Å². The molecular weight excluding hydrogens is 314 g/mol. The van der Waals surface area contributed by atoms with Crippen molar-refractivity contribution in [3.63, 3.8) is 0 Å². The van der Waals surface area contributed by atoms with Crippen LogP contribution in [0.1, 0.15) is 24.8 Å². The van der Waals surface area contributed by atoms with Crippen molar-refractivity contribution in [3.05, 3.63) is 10.4 Å². The number of carbonyl (C=O) groups is 3. The predicted octanol–water partition coefficient (Wildman–Crippen LogP) is -0.191. The lowest BCUT2D eigenvalue weighted by Gasteiger charge is -2.42. The van der Waals surface area contributed by atoms with E-state index in [0.29, 0.717) is 0 Å². The average Bonchev–Trinajstić information content (AvgIpc) is 2.65. The van der Waals surface area contributed by atoms with Gasteiger partial charge in [0.15, 0.2) is 24.5 Å². The highest BCUT2D eigenvalue weighted by Crippen LogP contribution is 2.29. The van der Waals surface area contributed by atoms with E-state index in [1.54, 1.807) is 0 Å². The maximum Gasteiger partial charge on any atom is 0.303 e. The van der Waals surface area contributed by atoms with Crippen molar-refractivity contribution < 1.29 is 42.5 Å². The molecule has 0 aromatic heterocycles. The molecule has 1 rings (SSSR count). The normalized spacial score (nSPS) is 31.5. The fraction of sp³-hybridized carbons (Fsp3) is 0.750. The summed E-state index contributed by atoms with van der Waals surface area (Å²) < 4.78 is 41.1. The first-order chi connectivity index (χ1) is 12.4. The Morgan fingerprint density at radius 3 is 2.13 bits per heavy atom. The van der Waals surface area contributed by atoms with Crippen LogP contribution < -0.4 is 0 Å². The molecule has 1 aliphatic heterocycles. The van der Waals surface area contributed by atoms with Crippen LogP contribution >= 0.6 is 0 Å². The second-order valence-corrected chi connectivity index (χ2v) is 4.32. The van der Waals surface area contributed by atoms with Gasteiger partial charge in [-0.2, -0.15) is 0 Å². The number of esters is 3. The van der Waals surface area contributed by atoms with Crippen molar-refractivity contribution in [3.8, 4) is 0 Å². The Bertz CT molecular complexity index is 574. The molecule has 1 heterocycles. The molecule has 5 atom stereocenters. The summed E-state index contributed by atoms with van der Waals surface area (Å²) in [6, 6.07) is 0. The van der Waals surface area contributed by atoms with Gasteiger partial charge >= 0.3 is 17.9 Å². The number of hydrogen-bond acceptors (Lipinski definition) is 9. The fourth-order valence-corrected chi connectivity index (χ4v) is 2.04. The van der Waals surface area contributed by atoms with Crippen LogP contribution in [0, 0.1) is 0 Å². The quantitative estimate of drug-likeness (QED) is 0.238. The molecule has 1 N–H and O–H groups in total. The van der Waals surface area contributed by atoms with E-state index in [-0.39, 0.29) is 0 Å². The monoisotopic (exact) mass is 334 g/mol. The number of nitrogens with zero attached hydrogens (tertiary/aromatic N) is 3. The van der Waals surface area contributed by atoms with Crippen LogP contribution in [0.5, 0.6) is 0 Å². The molecule has 0 amide bonds. The Morgan fingerprint density at radius 1 is 1.13 bits per heavy atom. The Kier molecular flexibility index (Phi) is 5.15. The van der Waals surface area contributed by atoms with Crippen LogP contribution in [0.15, 0.2) is 5.11 Å². The van der Waals surface area contributed by atoms with Crippen molar-refractivity contribution in [2.45, 2.75) is 51.3 Å². The highest BCUT2D eigenvalue weighted by Gasteiger charge is 2.51. The first kappa shape index (κ1) is 14.2. The minimum atomic E-state index is -1.59. The molecule has 0 aromatic rings. The zero-order valence-corrected chi connectivity index (χ0v) is 11.9. The van der Waals surface area contributed by atoms with Crippen LogP contribution in [0.25, 0.3) is 10.4 Å². The summed E-state index contributed by atoms with van der Waals surface area (Å²) in [6.07, 6.45) is -7.55. The predicted molar refractivity (Wildman–Crippen MR) is 71.6 cm³/mol. The van der Waals surface area contributed by atoms with Gasteiger partial charge in [0, 0.05) is 29.7 Å². The second-order valence-electron chi connectivity index (χ2n) is 4.32. The topological polar surface area (TPSA) is 157 Å². The standard InChI is InChI=1S/C12H17N3O8/c1-5(17)20-9-8(4-16)23-12(14-15-13)11(22-7(3)19)10(9)21-6(2)18/h8-12,16H,4H2,1-3H3/t8-,9-,10+,11-,12?/m1/s1/i1D,2D,3D. The maximum absolute atomic E-state index is 11.6. The molecular formula is C12H17N3O8. The highest BCUT2D eigenvalue weighted by atomic mass is 16.7. The molecule has 23 heavy (non-hydrogen) atoms. The minimum Gasteiger partial charge on any atom is -0.456 e. The molecule has 0 bridgehead atoms. The molecule has 1 saturated heterocycles. The number of carbonyl (C=O) groups excluding carboxylic acids is 3. The molecule has 1 aliphatic rings. The lowest BCUT2D eigenvalue weighted by atomic mass is 9.97. The molecule has 0 aromatic carbocycles. The highest BCUT2D eigenvalue weighted by molar-refractivity contribution is 5.68. The third-order valence-corrected chi connectivity index (χ3v) is 2.76. The number of azide groups is 1. The van der Waals surface area contributed by atoms with Crippen molar-refractivity contribution in [2.24, 2.45) is 5.11 Å². The Morgan fingerprint density at radius 2 is 1.65 bits per heavy atom. The summed E-state index contributed by atoms with van der Waals surface area (Å²) in [7, 11) is 0. The molecule has 0 radical (unpaired) electrons. The van der Waals surface area contributed by atoms with E-state index in [9.17, 15) is 19.5 Å². The van der Waals surface area contributed by atoms with Crippen molar-refractivity contribution >= 4 is 17.9 Å². The Balaban J connectivity index is 3.29. The Hall–Kier alpha value is -2.36. The van der Waals surface area contributed by atoms with E-state index in [4.69, 9.17) is 28.6 Å². The summed E-state index contributed by atoms with van der Waals surface area (Å²) in [4.78, 5) is 37.1. The van der Waals surface area contributed by atoms with E-state index >= 15 is 0 Å². The van der Waals surface area contributed by atoms with Crippen LogP contribution in [0.4, 0.5) is 0 Å². The largest absolute Gasteiger partial charge is 0.456 e. The summed E-state index contributed by atoms with van der Waals surface area (Å²) in [5.74, 6) is -3.19. The smallest absolute Gasteiger partial charge is 0.303 e. The molecule has 0 saturated carbocycles. The third-order valence-electron chi connectivity index (χ3n) is 2.76. The van der Waals surface area contributed by atoms with Crippen LogP contribution in [0.3, 0.4) is 0 Å². The van der Waals surface area contributed by atoms with Crippen molar-refractivity contribution in [2.75, 3.05) is 6.61 Å². The van der Waals surface area contributed by atoms with E-state index < -0.39 is 75.9 Å². The molecule has 0 aliphatic carbocycles. The van der Waals surface area contributed by atoms with Crippen molar-refractivity contribution in [1.29, 1.82) is 0 Å². The number of rotatable bonds is 5. The van der Waals surface area contributed by atoms with Gasteiger partial charge in [-0.1, -0.05) is 5.11 Å². The van der Waals surface area contributed by atoms with Gasteiger partial charge in [0.05, 0.1) is 6.61 Å². The van der Waals surface area contributed by atoms with Crippen molar-refractivity contribution in [1.82, 2.24) is 0 Å².